The van der Waals surface area contributed by atoms with Crippen LogP contribution in [0.2, 0.25) is 0 Å². The number of nitrogens with zero attached hydrogens (tertiary/aromatic N) is 6. The molecule has 4 aromatic heterocycles. The molecule has 0 fully saturated rings. The lowest BCUT2D eigenvalue weighted by atomic mass is 10.1. The van der Waals surface area contributed by atoms with Crippen molar-refractivity contribution in [1.29, 1.82) is 0 Å². The second-order valence-corrected chi connectivity index (χ2v) is 6.84. The summed E-state index contributed by atoms with van der Waals surface area (Å²) in [6.07, 6.45) is 8.47. The van der Waals surface area contributed by atoms with Crippen LogP contribution in [-0.2, 0) is 0 Å². The third-order valence-corrected chi connectivity index (χ3v) is 4.97. The molecule has 0 saturated carbocycles. The summed E-state index contributed by atoms with van der Waals surface area (Å²) in [5, 5.41) is 8.94. The molecule has 0 radical (unpaired) electrons. The maximum atomic E-state index is 12.7. The Hall–Kier alpha value is -3.85. The molecule has 0 spiro atoms. The summed E-state index contributed by atoms with van der Waals surface area (Å²) in [5.41, 5.74) is 2.97. The van der Waals surface area contributed by atoms with Gasteiger partial charge in [0.15, 0.2) is 10.8 Å². The number of fused-ring (bicyclic) bond motifs is 1. The van der Waals surface area contributed by atoms with Crippen molar-refractivity contribution in [2.45, 2.75) is 0 Å². The number of anilines is 1. The molecule has 4 heterocycles. The average Bonchev–Trinajstić information content (AvgIpc) is 3.46. The number of hydrogen-bond donors (Lipinski definition) is 1. The summed E-state index contributed by atoms with van der Waals surface area (Å²) < 4.78 is 3.45. The van der Waals surface area contributed by atoms with Crippen LogP contribution in [0.3, 0.4) is 0 Å². The molecule has 1 N–H and O–H groups in total. The van der Waals surface area contributed by atoms with E-state index in [2.05, 4.69) is 25.4 Å². The largest absolute Gasteiger partial charge is 0.322 e. The lowest BCUT2D eigenvalue weighted by Crippen LogP contribution is -2.16. The second-order valence-electron chi connectivity index (χ2n) is 5.97. The lowest BCUT2D eigenvalue weighted by Gasteiger charge is -2.09. The predicted octanol–water partition coefficient (Wildman–Crippen LogP) is 3.29. The van der Waals surface area contributed by atoms with Gasteiger partial charge in [-0.3, -0.25) is 9.20 Å². The van der Waals surface area contributed by atoms with E-state index in [1.807, 2.05) is 46.4 Å². The second kappa shape index (κ2) is 6.71. The number of nitrogens with one attached hydrogen (secondary N) is 1. The van der Waals surface area contributed by atoms with E-state index in [1.54, 1.807) is 29.7 Å². The van der Waals surface area contributed by atoms with Crippen LogP contribution in [0.15, 0.2) is 73.0 Å². The van der Waals surface area contributed by atoms with Crippen molar-refractivity contribution < 1.29 is 4.79 Å². The maximum absolute atomic E-state index is 12.7. The van der Waals surface area contributed by atoms with Crippen molar-refractivity contribution in [2.24, 2.45) is 0 Å². The van der Waals surface area contributed by atoms with Gasteiger partial charge in [-0.25, -0.2) is 19.6 Å². The van der Waals surface area contributed by atoms with Gasteiger partial charge in [0.25, 0.3) is 5.91 Å². The minimum atomic E-state index is -0.270. The van der Waals surface area contributed by atoms with Crippen molar-refractivity contribution in [1.82, 2.24) is 29.1 Å². The summed E-state index contributed by atoms with van der Waals surface area (Å²) in [6, 6.07) is 11.0. The van der Waals surface area contributed by atoms with Gasteiger partial charge in [-0.1, -0.05) is 12.1 Å². The highest BCUT2D eigenvalue weighted by Gasteiger charge is 2.15. The van der Waals surface area contributed by atoms with Crippen molar-refractivity contribution in [3.63, 3.8) is 0 Å². The van der Waals surface area contributed by atoms with Crippen LogP contribution < -0.4 is 5.32 Å². The summed E-state index contributed by atoms with van der Waals surface area (Å²) >= 11 is 1.59. The molecule has 0 aliphatic heterocycles. The molecule has 9 heteroatoms. The Bertz CT molecular complexity index is 1230. The zero-order valence-corrected chi connectivity index (χ0v) is 15.2. The fourth-order valence-electron chi connectivity index (χ4n) is 2.86. The summed E-state index contributed by atoms with van der Waals surface area (Å²) in [6.45, 7) is 0. The Morgan fingerprint density at radius 3 is 2.82 bits per heavy atom. The Balaban J connectivity index is 1.38. The molecule has 0 unspecified atom stereocenters. The smallest absolute Gasteiger partial charge is 0.259 e. The van der Waals surface area contributed by atoms with Crippen LogP contribution >= 0.6 is 11.3 Å². The van der Waals surface area contributed by atoms with E-state index in [1.165, 1.54) is 17.3 Å². The van der Waals surface area contributed by atoms with Gasteiger partial charge in [-0.05, 0) is 24.3 Å². The third-order valence-electron chi connectivity index (χ3n) is 4.20. The minimum absolute atomic E-state index is 0.270. The molecule has 136 valence electrons. The summed E-state index contributed by atoms with van der Waals surface area (Å²) in [7, 11) is 0. The number of thiazole rings is 1. The number of hydrogen-bond acceptors (Lipinski definition) is 6. The standard InChI is InChI=1S/C19H13N7OS/c27-18(15-2-1-7-21-17(15)26-12-20-11-22-26)23-14-5-3-13(4-6-14)16-10-25-8-9-28-19(25)24-16/h1-12H,(H,23,27). The van der Waals surface area contributed by atoms with E-state index in [0.29, 0.717) is 17.1 Å². The molecule has 0 saturated heterocycles. The molecule has 0 bridgehead atoms. The normalized spacial score (nSPS) is 11.0. The molecule has 0 atom stereocenters. The molecule has 8 nitrogen and oxygen atoms in total. The van der Waals surface area contributed by atoms with Gasteiger partial charge in [0.1, 0.15) is 12.7 Å². The zero-order chi connectivity index (χ0) is 18.9. The third kappa shape index (κ3) is 2.93. The van der Waals surface area contributed by atoms with Crippen LogP contribution in [-0.4, -0.2) is 35.0 Å². The van der Waals surface area contributed by atoms with E-state index in [9.17, 15) is 4.79 Å². The molecular formula is C19H13N7OS. The summed E-state index contributed by atoms with van der Waals surface area (Å²) in [5.74, 6) is 0.154. The van der Waals surface area contributed by atoms with E-state index >= 15 is 0 Å². The van der Waals surface area contributed by atoms with Crippen molar-refractivity contribution in [3.05, 3.63) is 78.6 Å². The molecule has 1 aromatic carbocycles. The quantitative estimate of drug-likeness (QED) is 0.511. The molecule has 5 rings (SSSR count). The Morgan fingerprint density at radius 1 is 1.14 bits per heavy atom. The van der Waals surface area contributed by atoms with E-state index in [4.69, 9.17) is 0 Å². The highest BCUT2D eigenvalue weighted by molar-refractivity contribution is 7.15. The van der Waals surface area contributed by atoms with Gasteiger partial charge in [0, 0.05) is 35.2 Å². The van der Waals surface area contributed by atoms with Gasteiger partial charge in [-0.15, -0.1) is 11.3 Å². The minimum Gasteiger partial charge on any atom is -0.322 e. The number of rotatable bonds is 4. The van der Waals surface area contributed by atoms with Crippen molar-refractivity contribution in [3.8, 4) is 17.1 Å². The van der Waals surface area contributed by atoms with E-state index in [-0.39, 0.29) is 5.91 Å². The Morgan fingerprint density at radius 2 is 2.04 bits per heavy atom. The molecule has 5 aromatic rings. The Kier molecular flexibility index (Phi) is 3.91. The first-order valence-electron chi connectivity index (χ1n) is 8.42. The number of carbonyl (C=O) groups is 1. The average molecular weight is 387 g/mol. The maximum Gasteiger partial charge on any atom is 0.259 e. The summed E-state index contributed by atoms with van der Waals surface area (Å²) in [4.78, 5) is 26.4. The SMILES string of the molecule is O=C(Nc1ccc(-c2cn3ccsc3n2)cc1)c1cccnc1-n1cncn1. The number of pyridine rings is 1. The van der Waals surface area contributed by atoms with Crippen LogP contribution in [0, 0.1) is 0 Å². The van der Waals surface area contributed by atoms with Gasteiger partial charge < -0.3 is 5.32 Å². The number of benzene rings is 1. The lowest BCUT2D eigenvalue weighted by molar-refractivity contribution is 0.102. The first kappa shape index (κ1) is 16.3. The highest BCUT2D eigenvalue weighted by atomic mass is 32.1. The van der Waals surface area contributed by atoms with Crippen molar-refractivity contribution >= 4 is 27.9 Å². The van der Waals surface area contributed by atoms with Crippen LogP contribution in [0.1, 0.15) is 10.4 Å². The van der Waals surface area contributed by atoms with Gasteiger partial charge in [-0.2, -0.15) is 5.10 Å². The highest BCUT2D eigenvalue weighted by Crippen LogP contribution is 2.23. The van der Waals surface area contributed by atoms with Gasteiger partial charge >= 0.3 is 0 Å². The molecule has 0 aliphatic rings. The fourth-order valence-corrected chi connectivity index (χ4v) is 3.56. The van der Waals surface area contributed by atoms with E-state index in [0.717, 1.165) is 16.2 Å². The van der Waals surface area contributed by atoms with Gasteiger partial charge in [0.2, 0.25) is 0 Å². The topological polar surface area (TPSA) is 90.0 Å². The van der Waals surface area contributed by atoms with Crippen LogP contribution in [0.25, 0.3) is 22.0 Å². The predicted molar refractivity (Wildman–Crippen MR) is 106 cm³/mol. The molecule has 1 amide bonds. The molecular weight excluding hydrogens is 374 g/mol. The first-order chi connectivity index (χ1) is 13.8. The number of amides is 1. The monoisotopic (exact) mass is 387 g/mol. The molecule has 0 aliphatic carbocycles. The molecule has 28 heavy (non-hydrogen) atoms. The van der Waals surface area contributed by atoms with Crippen LogP contribution in [0.5, 0.6) is 0 Å². The number of carbonyl (C=O) groups excluding carboxylic acids is 1. The zero-order valence-electron chi connectivity index (χ0n) is 14.4. The van der Waals surface area contributed by atoms with Crippen LogP contribution in [0.4, 0.5) is 5.69 Å². The fraction of sp³-hybridized carbons (Fsp3) is 0. The number of aromatic nitrogens is 6. The number of imidazole rings is 1. The Labute approximate surface area is 163 Å². The van der Waals surface area contributed by atoms with E-state index < -0.39 is 0 Å². The van der Waals surface area contributed by atoms with Gasteiger partial charge in [0.05, 0.1) is 11.3 Å². The van der Waals surface area contributed by atoms with Crippen molar-refractivity contribution in [2.75, 3.05) is 5.32 Å². The first-order valence-corrected chi connectivity index (χ1v) is 9.30.